The first-order valence-corrected chi connectivity index (χ1v) is 8.94. The van der Waals surface area contributed by atoms with E-state index < -0.39 is 41.1 Å². The number of aliphatic hydroxyl groups is 1. The fourth-order valence-electron chi connectivity index (χ4n) is 3.56. The minimum Gasteiger partial charge on any atom is -0.466 e. The van der Waals surface area contributed by atoms with Gasteiger partial charge < -0.3 is 14.6 Å². The predicted octanol–water partition coefficient (Wildman–Crippen LogP) is 2.51. The SMILES string of the molecule is CCOC(=O)[C@@H]1C(=O)C[C@](C)(O)[C@H](C(=O)OCC)[C@H]1c1ccc(Cl)cc1. The molecule has 7 heteroatoms. The maximum atomic E-state index is 12.7. The van der Waals surface area contributed by atoms with E-state index in [-0.39, 0.29) is 19.6 Å². The van der Waals surface area contributed by atoms with Gasteiger partial charge in [0.2, 0.25) is 0 Å². The monoisotopic (exact) mass is 382 g/mol. The molecule has 0 amide bonds. The predicted molar refractivity (Wildman–Crippen MR) is 94.7 cm³/mol. The van der Waals surface area contributed by atoms with Gasteiger partial charge in [0.1, 0.15) is 5.92 Å². The molecular formula is C19H23ClO6. The number of hydrogen-bond donors (Lipinski definition) is 1. The Labute approximate surface area is 157 Å². The molecule has 1 aliphatic carbocycles. The van der Waals surface area contributed by atoms with Gasteiger partial charge >= 0.3 is 11.9 Å². The summed E-state index contributed by atoms with van der Waals surface area (Å²) in [5.41, 5.74) is -1.10. The molecule has 1 aromatic rings. The first-order valence-electron chi connectivity index (χ1n) is 8.56. The van der Waals surface area contributed by atoms with Gasteiger partial charge in [-0.1, -0.05) is 23.7 Å². The molecule has 0 saturated heterocycles. The molecule has 0 heterocycles. The molecular weight excluding hydrogens is 360 g/mol. The van der Waals surface area contributed by atoms with Crippen molar-refractivity contribution in [2.75, 3.05) is 13.2 Å². The fraction of sp³-hybridized carbons (Fsp3) is 0.526. The molecule has 6 nitrogen and oxygen atoms in total. The Kier molecular flexibility index (Phi) is 6.42. The van der Waals surface area contributed by atoms with Crippen molar-refractivity contribution in [3.8, 4) is 0 Å². The summed E-state index contributed by atoms with van der Waals surface area (Å²) in [5.74, 6) is -5.00. The molecule has 2 rings (SSSR count). The Balaban J connectivity index is 2.59. The molecule has 1 aliphatic rings. The van der Waals surface area contributed by atoms with Gasteiger partial charge in [0.05, 0.1) is 24.7 Å². The third kappa shape index (κ3) is 4.07. The lowest BCUT2D eigenvalue weighted by molar-refractivity contribution is -0.172. The van der Waals surface area contributed by atoms with E-state index in [0.29, 0.717) is 10.6 Å². The van der Waals surface area contributed by atoms with Crippen LogP contribution in [-0.2, 0) is 23.9 Å². The van der Waals surface area contributed by atoms with Crippen molar-refractivity contribution in [2.24, 2.45) is 11.8 Å². The Bertz CT molecular complexity index is 682. The zero-order chi connectivity index (χ0) is 19.5. The zero-order valence-electron chi connectivity index (χ0n) is 15.0. The van der Waals surface area contributed by atoms with Crippen LogP contribution >= 0.6 is 11.6 Å². The van der Waals surface area contributed by atoms with E-state index in [4.69, 9.17) is 21.1 Å². The molecule has 1 fully saturated rings. The molecule has 0 spiro atoms. The lowest BCUT2D eigenvalue weighted by Crippen LogP contribution is -2.55. The van der Waals surface area contributed by atoms with Gasteiger partial charge in [0.25, 0.3) is 0 Å². The first-order chi connectivity index (χ1) is 12.2. The smallest absolute Gasteiger partial charge is 0.317 e. The number of benzene rings is 1. The molecule has 142 valence electrons. The number of Topliss-reactive ketones (excluding diaryl/α,β-unsaturated/α-hetero) is 1. The van der Waals surface area contributed by atoms with Crippen LogP contribution in [-0.4, -0.2) is 41.6 Å². The number of rotatable bonds is 5. The van der Waals surface area contributed by atoms with Crippen LogP contribution in [0.4, 0.5) is 0 Å². The quantitative estimate of drug-likeness (QED) is 0.621. The normalized spacial score (nSPS) is 28.5. The molecule has 0 aliphatic heterocycles. The molecule has 1 saturated carbocycles. The number of ether oxygens (including phenoxy) is 2. The molecule has 0 aromatic heterocycles. The average molecular weight is 383 g/mol. The second kappa shape index (κ2) is 8.18. The van der Waals surface area contributed by atoms with Crippen molar-refractivity contribution in [2.45, 2.75) is 38.7 Å². The van der Waals surface area contributed by atoms with Crippen LogP contribution in [0.15, 0.2) is 24.3 Å². The van der Waals surface area contributed by atoms with Crippen molar-refractivity contribution >= 4 is 29.3 Å². The number of halogens is 1. The second-order valence-electron chi connectivity index (χ2n) is 6.54. The summed E-state index contributed by atoms with van der Waals surface area (Å²) in [6.45, 7) is 4.94. The minimum atomic E-state index is -1.64. The van der Waals surface area contributed by atoms with Crippen LogP contribution < -0.4 is 0 Å². The van der Waals surface area contributed by atoms with Crippen LogP contribution in [0.1, 0.15) is 38.7 Å². The third-order valence-electron chi connectivity index (χ3n) is 4.60. The minimum absolute atomic E-state index is 0.108. The fourth-order valence-corrected chi connectivity index (χ4v) is 3.69. The Morgan fingerprint density at radius 1 is 1.15 bits per heavy atom. The highest BCUT2D eigenvalue weighted by Crippen LogP contribution is 2.46. The van der Waals surface area contributed by atoms with E-state index in [0.717, 1.165) is 0 Å². The highest BCUT2D eigenvalue weighted by atomic mass is 35.5. The van der Waals surface area contributed by atoms with Crippen molar-refractivity contribution in [1.29, 1.82) is 0 Å². The maximum absolute atomic E-state index is 12.7. The molecule has 26 heavy (non-hydrogen) atoms. The number of ketones is 1. The van der Waals surface area contributed by atoms with Gasteiger partial charge in [-0.15, -0.1) is 0 Å². The van der Waals surface area contributed by atoms with E-state index in [1.807, 2.05) is 0 Å². The standard InChI is InChI=1S/C19H23ClO6/c1-4-25-17(22)15-13(21)10-19(3,24)16(18(23)26-5-2)14(15)11-6-8-12(20)9-7-11/h6-9,14-16,24H,4-5,10H2,1-3H3/t14-,15+,16-,19-/m0/s1. The topological polar surface area (TPSA) is 89.9 Å². The maximum Gasteiger partial charge on any atom is 0.317 e. The number of carbonyl (C=O) groups excluding carboxylic acids is 3. The van der Waals surface area contributed by atoms with Gasteiger partial charge in [0.15, 0.2) is 5.78 Å². The van der Waals surface area contributed by atoms with Crippen LogP contribution in [0.5, 0.6) is 0 Å². The van der Waals surface area contributed by atoms with Crippen molar-refractivity contribution in [1.82, 2.24) is 0 Å². The summed E-state index contributed by atoms with van der Waals surface area (Å²) < 4.78 is 10.2. The van der Waals surface area contributed by atoms with E-state index >= 15 is 0 Å². The summed E-state index contributed by atoms with van der Waals surface area (Å²) in [4.78, 5) is 37.8. The van der Waals surface area contributed by atoms with Gasteiger partial charge in [-0.2, -0.15) is 0 Å². The molecule has 4 atom stereocenters. The van der Waals surface area contributed by atoms with Crippen LogP contribution in [0.3, 0.4) is 0 Å². The van der Waals surface area contributed by atoms with Crippen LogP contribution in [0.2, 0.25) is 5.02 Å². The number of esters is 2. The average Bonchev–Trinajstić information content (AvgIpc) is 2.54. The Hall–Kier alpha value is -1.92. The highest BCUT2D eigenvalue weighted by molar-refractivity contribution is 6.30. The second-order valence-corrected chi connectivity index (χ2v) is 6.97. The summed E-state index contributed by atoms with van der Waals surface area (Å²) >= 11 is 5.93. The van der Waals surface area contributed by atoms with Gasteiger partial charge in [-0.25, -0.2) is 0 Å². The van der Waals surface area contributed by atoms with Crippen LogP contribution in [0.25, 0.3) is 0 Å². The molecule has 1 N–H and O–H groups in total. The molecule has 1 aromatic carbocycles. The Morgan fingerprint density at radius 2 is 1.69 bits per heavy atom. The summed E-state index contributed by atoms with van der Waals surface area (Å²) in [7, 11) is 0. The third-order valence-corrected chi connectivity index (χ3v) is 4.86. The summed E-state index contributed by atoms with van der Waals surface area (Å²) in [6.07, 6.45) is -0.329. The lowest BCUT2D eigenvalue weighted by atomic mass is 9.62. The van der Waals surface area contributed by atoms with Crippen molar-refractivity contribution in [3.63, 3.8) is 0 Å². The largest absolute Gasteiger partial charge is 0.466 e. The lowest BCUT2D eigenvalue weighted by Gasteiger charge is -2.43. The number of hydrogen-bond acceptors (Lipinski definition) is 6. The number of carbonyl (C=O) groups is 3. The van der Waals surface area contributed by atoms with E-state index in [1.165, 1.54) is 6.92 Å². The van der Waals surface area contributed by atoms with Gasteiger partial charge in [0, 0.05) is 17.4 Å². The highest BCUT2D eigenvalue weighted by Gasteiger charge is 2.57. The summed E-state index contributed by atoms with van der Waals surface area (Å²) in [6, 6.07) is 6.49. The van der Waals surface area contributed by atoms with Crippen molar-refractivity contribution in [3.05, 3.63) is 34.9 Å². The van der Waals surface area contributed by atoms with Gasteiger partial charge in [-0.05, 0) is 38.5 Å². The molecule has 0 radical (unpaired) electrons. The van der Waals surface area contributed by atoms with Crippen LogP contribution in [0, 0.1) is 11.8 Å². The molecule has 0 bridgehead atoms. The van der Waals surface area contributed by atoms with E-state index in [1.54, 1.807) is 38.1 Å². The first kappa shape index (κ1) is 20.4. The van der Waals surface area contributed by atoms with Gasteiger partial charge in [-0.3, -0.25) is 14.4 Å². The van der Waals surface area contributed by atoms with E-state index in [9.17, 15) is 19.5 Å². The van der Waals surface area contributed by atoms with E-state index in [2.05, 4.69) is 0 Å². The van der Waals surface area contributed by atoms with Crippen molar-refractivity contribution < 1.29 is 29.0 Å². The Morgan fingerprint density at radius 3 is 2.23 bits per heavy atom. The zero-order valence-corrected chi connectivity index (χ0v) is 15.8. The summed E-state index contributed by atoms with van der Waals surface area (Å²) in [5, 5.41) is 11.3. The molecule has 0 unspecified atom stereocenters.